The Hall–Kier alpha value is 0.320. The van der Waals surface area contributed by atoms with Gasteiger partial charge in [-0.15, -0.1) is 0 Å². The first-order valence-corrected chi connectivity index (χ1v) is 15.7. The van der Waals surface area contributed by atoms with Crippen molar-refractivity contribution in [1.82, 2.24) is 0 Å². The number of nitrogens with zero attached hydrogens (tertiary/aromatic N) is 1. The first kappa shape index (κ1) is 38.5. The molecule has 0 saturated carbocycles. The number of hydrogen-bond donors (Lipinski definition) is 1. The van der Waals surface area contributed by atoms with E-state index in [1.807, 2.05) is 0 Å². The van der Waals surface area contributed by atoms with Gasteiger partial charge in [-0.25, -0.2) is 0 Å². The van der Waals surface area contributed by atoms with Crippen molar-refractivity contribution >= 4 is 0 Å². The first-order valence-electron chi connectivity index (χ1n) is 15.7. The molecule has 0 spiro atoms. The monoisotopic (exact) mass is 579 g/mol. The van der Waals surface area contributed by atoms with Crippen LogP contribution >= 0.6 is 0 Å². The van der Waals surface area contributed by atoms with Crippen molar-refractivity contribution in [2.24, 2.45) is 0 Å². The maximum atomic E-state index is 9.39. The van der Waals surface area contributed by atoms with Crippen molar-refractivity contribution in [3.63, 3.8) is 0 Å². The third-order valence-electron chi connectivity index (χ3n) is 7.20. The largest absolute Gasteiger partial charge is 1.00 e. The van der Waals surface area contributed by atoms with Gasteiger partial charge in [-0.1, -0.05) is 129 Å². The number of aliphatic hydroxyl groups excluding tert-OH is 1. The van der Waals surface area contributed by atoms with Gasteiger partial charge in [0.05, 0.1) is 27.3 Å². The van der Waals surface area contributed by atoms with Crippen molar-refractivity contribution in [3.8, 4) is 0 Å². The fraction of sp³-hybridized carbons (Fsp3) is 1.00. The average Bonchev–Trinajstić information content (AvgIpc) is 2.82. The van der Waals surface area contributed by atoms with E-state index in [2.05, 4.69) is 27.9 Å². The lowest BCUT2D eigenvalue weighted by molar-refractivity contribution is -0.893. The van der Waals surface area contributed by atoms with Crippen LogP contribution in [0.3, 0.4) is 0 Å². The molecule has 220 valence electrons. The maximum absolute atomic E-state index is 9.39. The molecular weight excluding hydrogens is 514 g/mol. The second-order valence-electron chi connectivity index (χ2n) is 11.5. The van der Waals surface area contributed by atoms with Gasteiger partial charge in [-0.2, -0.15) is 0 Å². The molecule has 0 saturated heterocycles. The third-order valence-corrected chi connectivity index (χ3v) is 7.20. The van der Waals surface area contributed by atoms with E-state index >= 15 is 0 Å². The molecule has 0 radical (unpaired) electrons. The van der Waals surface area contributed by atoms with Crippen molar-refractivity contribution in [2.75, 3.05) is 53.6 Å². The van der Waals surface area contributed by atoms with Crippen molar-refractivity contribution in [2.45, 2.75) is 148 Å². The fourth-order valence-corrected chi connectivity index (χ4v) is 4.81. The number of aliphatic hydroxyl groups is 1. The number of likely N-dealkylation sites (N-methyl/N-ethyl adjacent to an activating group) is 1. The molecule has 0 aromatic heterocycles. The van der Waals surface area contributed by atoms with Gasteiger partial charge >= 0.3 is 0 Å². The van der Waals surface area contributed by atoms with E-state index in [1.54, 1.807) is 0 Å². The minimum Gasteiger partial charge on any atom is -1.00 e. The molecule has 0 bridgehead atoms. The van der Waals surface area contributed by atoms with Gasteiger partial charge in [0.2, 0.25) is 0 Å². The van der Waals surface area contributed by atoms with Crippen LogP contribution in [0.25, 0.3) is 0 Å². The van der Waals surface area contributed by atoms with Gasteiger partial charge in [0.25, 0.3) is 0 Å². The predicted octanol–water partition coefficient (Wildman–Crippen LogP) is 5.30. The molecule has 4 nitrogen and oxygen atoms in total. The molecule has 1 N–H and O–H groups in total. The Morgan fingerprint density at radius 2 is 0.972 bits per heavy atom. The normalized spacial score (nSPS) is 12.6. The number of halogens is 1. The molecule has 0 aromatic carbocycles. The molecule has 36 heavy (non-hydrogen) atoms. The summed E-state index contributed by atoms with van der Waals surface area (Å²) in [6.07, 6.45) is 27.2. The van der Waals surface area contributed by atoms with Crippen molar-refractivity contribution in [3.05, 3.63) is 0 Å². The number of hydrogen-bond acceptors (Lipinski definition) is 3. The van der Waals surface area contributed by atoms with Gasteiger partial charge in [0.15, 0.2) is 0 Å². The SMILES string of the molecule is CCCCCCCCCCCCOCC(C[N+](C)(C)CCO)OCCCCCCCCCCCC.[Br-]. The number of ether oxygens (including phenoxy) is 2. The zero-order valence-corrected chi connectivity index (χ0v) is 26.6. The smallest absolute Gasteiger partial charge is 0.130 e. The minimum atomic E-state index is 0. The summed E-state index contributed by atoms with van der Waals surface area (Å²) in [6, 6.07) is 0. The molecule has 1 atom stereocenters. The summed E-state index contributed by atoms with van der Waals surface area (Å²) in [5.41, 5.74) is 0. The molecule has 0 aliphatic heterocycles. The summed E-state index contributed by atoms with van der Waals surface area (Å²) in [7, 11) is 4.35. The summed E-state index contributed by atoms with van der Waals surface area (Å²) in [5, 5.41) is 9.39. The van der Waals surface area contributed by atoms with Crippen molar-refractivity contribution < 1.29 is 36.0 Å². The second-order valence-corrected chi connectivity index (χ2v) is 11.5. The molecule has 0 aliphatic carbocycles. The Kier molecular flexibility index (Phi) is 31.9. The quantitative estimate of drug-likeness (QED) is 0.0964. The molecular formula is C31H66BrNO3. The van der Waals surface area contributed by atoms with E-state index in [-0.39, 0.29) is 29.7 Å². The number of rotatable bonds is 29. The van der Waals surface area contributed by atoms with Crippen LogP contribution in [0.2, 0.25) is 0 Å². The first-order chi connectivity index (χ1) is 17.1. The molecule has 0 rings (SSSR count). The zero-order valence-electron chi connectivity index (χ0n) is 25.1. The summed E-state index contributed by atoms with van der Waals surface area (Å²) >= 11 is 0. The molecule has 0 aromatic rings. The van der Waals surface area contributed by atoms with E-state index in [9.17, 15) is 5.11 Å². The highest BCUT2D eigenvalue weighted by atomic mass is 79.9. The van der Waals surface area contributed by atoms with Gasteiger partial charge in [-0.3, -0.25) is 0 Å². The van der Waals surface area contributed by atoms with Gasteiger partial charge in [0, 0.05) is 13.2 Å². The predicted molar refractivity (Wildman–Crippen MR) is 153 cm³/mol. The lowest BCUT2D eigenvalue weighted by Crippen LogP contribution is -3.00. The standard InChI is InChI=1S/C31H66NO3.BrH/c1-5-7-9-11-13-15-17-19-21-23-27-34-30-31(29-32(3,4)25-26-33)35-28-24-22-20-18-16-14-12-10-8-6-2;/h31,33H,5-30H2,1-4H3;1H/q+1;/p-1. The average molecular weight is 581 g/mol. The van der Waals surface area contributed by atoms with E-state index < -0.39 is 0 Å². The molecule has 5 heteroatoms. The Balaban J connectivity index is 0. The fourth-order valence-electron chi connectivity index (χ4n) is 4.81. The van der Waals surface area contributed by atoms with Crippen LogP contribution in [0.5, 0.6) is 0 Å². The minimum absolute atomic E-state index is 0. The van der Waals surface area contributed by atoms with Crippen LogP contribution in [0.15, 0.2) is 0 Å². The van der Waals surface area contributed by atoms with Crippen LogP contribution in [0.4, 0.5) is 0 Å². The van der Waals surface area contributed by atoms with Gasteiger partial charge in [0.1, 0.15) is 19.2 Å². The second kappa shape index (κ2) is 29.9. The topological polar surface area (TPSA) is 38.7 Å². The van der Waals surface area contributed by atoms with Gasteiger partial charge < -0.3 is 36.0 Å². The highest BCUT2D eigenvalue weighted by molar-refractivity contribution is 4.58. The molecule has 0 aliphatic rings. The molecule has 1 unspecified atom stereocenters. The van der Waals surface area contributed by atoms with E-state index in [1.165, 1.54) is 116 Å². The highest BCUT2D eigenvalue weighted by Gasteiger charge is 2.22. The van der Waals surface area contributed by atoms with Crippen molar-refractivity contribution in [1.29, 1.82) is 0 Å². The Morgan fingerprint density at radius 3 is 1.39 bits per heavy atom. The highest BCUT2D eigenvalue weighted by Crippen LogP contribution is 2.13. The Bertz CT molecular complexity index is 409. The number of quaternary nitrogens is 1. The van der Waals surface area contributed by atoms with Crippen LogP contribution in [0, 0.1) is 0 Å². The van der Waals surface area contributed by atoms with E-state index in [4.69, 9.17) is 9.47 Å². The molecule has 0 heterocycles. The third kappa shape index (κ3) is 28.9. The summed E-state index contributed by atoms with van der Waals surface area (Å²) in [4.78, 5) is 0. The van der Waals surface area contributed by atoms with Crippen LogP contribution in [-0.2, 0) is 9.47 Å². The Labute approximate surface area is 237 Å². The van der Waals surface area contributed by atoms with Gasteiger partial charge in [-0.05, 0) is 12.8 Å². The van der Waals surface area contributed by atoms with Crippen LogP contribution in [0.1, 0.15) is 142 Å². The number of unbranched alkanes of at least 4 members (excludes halogenated alkanes) is 18. The summed E-state index contributed by atoms with van der Waals surface area (Å²) in [5.74, 6) is 0. The molecule has 0 amide bonds. The van der Waals surface area contributed by atoms with Crippen LogP contribution < -0.4 is 17.0 Å². The zero-order chi connectivity index (χ0) is 25.9. The lowest BCUT2D eigenvalue weighted by atomic mass is 10.1. The van der Waals surface area contributed by atoms with Crippen LogP contribution in [-0.4, -0.2) is 69.3 Å². The van der Waals surface area contributed by atoms with E-state index in [0.717, 1.165) is 43.6 Å². The summed E-state index contributed by atoms with van der Waals surface area (Å²) < 4.78 is 13.1. The maximum Gasteiger partial charge on any atom is 0.130 e. The Morgan fingerprint density at radius 1 is 0.583 bits per heavy atom. The summed E-state index contributed by atoms with van der Waals surface area (Å²) in [6.45, 7) is 8.81. The lowest BCUT2D eigenvalue weighted by Gasteiger charge is -2.32. The molecule has 0 fully saturated rings. The van der Waals surface area contributed by atoms with E-state index in [0.29, 0.717) is 6.61 Å².